The Morgan fingerprint density at radius 2 is 2.13 bits per heavy atom. The second-order valence-corrected chi connectivity index (χ2v) is 4.21. The minimum Gasteiger partial charge on any atom is -0.480 e. The predicted molar refractivity (Wildman–Crippen MR) is 61.2 cm³/mol. The van der Waals surface area contributed by atoms with Crippen molar-refractivity contribution in [3.63, 3.8) is 0 Å². The Hall–Kier alpha value is -1.00. The van der Waals surface area contributed by atoms with Crippen molar-refractivity contribution in [3.8, 4) is 0 Å². The third-order valence-corrected chi connectivity index (χ3v) is 3.11. The van der Waals surface area contributed by atoms with Crippen molar-refractivity contribution in [2.75, 3.05) is 19.5 Å². The van der Waals surface area contributed by atoms with E-state index in [9.17, 15) is 4.79 Å². The van der Waals surface area contributed by atoms with Crippen molar-refractivity contribution in [3.05, 3.63) is 35.9 Å². The first-order chi connectivity index (χ1) is 7.25. The van der Waals surface area contributed by atoms with Crippen LogP contribution in [-0.4, -0.2) is 30.5 Å². The monoisotopic (exact) mass is 226 g/mol. The number of aliphatic carboxylic acids is 1. The van der Waals surface area contributed by atoms with Crippen LogP contribution in [-0.2, 0) is 9.53 Å². The zero-order valence-electron chi connectivity index (χ0n) is 8.55. The van der Waals surface area contributed by atoms with Crippen molar-refractivity contribution < 1.29 is 14.6 Å². The van der Waals surface area contributed by atoms with E-state index in [0.717, 1.165) is 5.56 Å². The molecule has 0 aliphatic carbocycles. The largest absolute Gasteiger partial charge is 0.480 e. The quantitative estimate of drug-likeness (QED) is 0.755. The van der Waals surface area contributed by atoms with Gasteiger partial charge in [-0.1, -0.05) is 30.3 Å². The van der Waals surface area contributed by atoms with E-state index in [2.05, 4.69) is 0 Å². The molecule has 0 radical (unpaired) electrons. The zero-order valence-corrected chi connectivity index (χ0v) is 9.37. The number of thioether (sulfide) groups is 1. The Labute approximate surface area is 93.4 Å². The summed E-state index contributed by atoms with van der Waals surface area (Å²) < 4.78 is 4.89. The molecule has 0 aliphatic heterocycles. The summed E-state index contributed by atoms with van der Waals surface area (Å²) >= 11 is 1.38. The maximum atomic E-state index is 11.0. The average Bonchev–Trinajstić information content (AvgIpc) is 2.25. The molecule has 4 heteroatoms. The van der Waals surface area contributed by atoms with Gasteiger partial charge in [-0.3, -0.25) is 4.79 Å². The Balaban J connectivity index is 2.62. The average molecular weight is 226 g/mol. The minimum absolute atomic E-state index is 0.499. The number of carboxylic acid groups (broad SMARTS) is 1. The lowest BCUT2D eigenvalue weighted by Gasteiger charge is -2.11. The number of hydrogen-bond acceptors (Lipinski definition) is 3. The molecule has 0 bridgehead atoms. The molecular formula is C11H14O3S. The van der Waals surface area contributed by atoms with Crippen LogP contribution in [0.15, 0.2) is 30.3 Å². The summed E-state index contributed by atoms with van der Waals surface area (Å²) in [5.41, 5.74) is 0.825. The topological polar surface area (TPSA) is 46.5 Å². The third-order valence-electron chi connectivity index (χ3n) is 1.90. The van der Waals surface area contributed by atoms with E-state index >= 15 is 0 Å². The highest BCUT2D eigenvalue weighted by Crippen LogP contribution is 2.28. The number of carboxylic acids is 1. The summed E-state index contributed by atoms with van der Waals surface area (Å²) in [7, 11) is 1.61. The van der Waals surface area contributed by atoms with E-state index in [1.165, 1.54) is 11.8 Å². The second-order valence-electron chi connectivity index (χ2n) is 2.99. The highest BCUT2D eigenvalue weighted by atomic mass is 32.2. The summed E-state index contributed by atoms with van der Waals surface area (Å²) in [6, 6.07) is 9.24. The molecule has 0 heterocycles. The van der Waals surface area contributed by atoms with Crippen LogP contribution in [0.3, 0.4) is 0 Å². The standard InChI is InChI=1S/C11H14O3S/c1-14-7-8-15-10(11(12)13)9-5-3-2-4-6-9/h2-6,10H,7-8H2,1H3,(H,12,13). The first-order valence-electron chi connectivity index (χ1n) is 4.64. The molecule has 1 atom stereocenters. The predicted octanol–water partition coefficient (Wildman–Crippen LogP) is 2.19. The van der Waals surface area contributed by atoms with Gasteiger partial charge in [-0.15, -0.1) is 11.8 Å². The zero-order chi connectivity index (χ0) is 11.1. The van der Waals surface area contributed by atoms with Gasteiger partial charge in [0.1, 0.15) is 5.25 Å². The molecule has 0 saturated heterocycles. The lowest BCUT2D eigenvalue weighted by Crippen LogP contribution is -2.09. The van der Waals surface area contributed by atoms with Crippen LogP contribution < -0.4 is 0 Å². The van der Waals surface area contributed by atoms with Gasteiger partial charge in [-0.25, -0.2) is 0 Å². The fourth-order valence-corrected chi connectivity index (χ4v) is 2.18. The van der Waals surface area contributed by atoms with E-state index in [4.69, 9.17) is 9.84 Å². The van der Waals surface area contributed by atoms with Crippen LogP contribution in [0.1, 0.15) is 10.8 Å². The van der Waals surface area contributed by atoms with Gasteiger partial charge in [0.15, 0.2) is 0 Å². The number of methoxy groups -OCH3 is 1. The molecular weight excluding hydrogens is 212 g/mol. The molecule has 1 N–H and O–H groups in total. The summed E-state index contributed by atoms with van der Waals surface area (Å²) in [6.45, 7) is 0.571. The SMILES string of the molecule is COCCSC(C(=O)O)c1ccccc1. The molecule has 0 aliphatic rings. The van der Waals surface area contributed by atoms with E-state index in [1.807, 2.05) is 30.3 Å². The van der Waals surface area contributed by atoms with E-state index < -0.39 is 11.2 Å². The van der Waals surface area contributed by atoms with E-state index in [1.54, 1.807) is 7.11 Å². The molecule has 0 saturated carbocycles. The maximum absolute atomic E-state index is 11.0. The lowest BCUT2D eigenvalue weighted by atomic mass is 10.1. The summed E-state index contributed by atoms with van der Waals surface area (Å²) in [6.07, 6.45) is 0. The van der Waals surface area contributed by atoms with Crippen LogP contribution in [0.25, 0.3) is 0 Å². The van der Waals surface area contributed by atoms with Gasteiger partial charge in [-0.05, 0) is 5.56 Å². The van der Waals surface area contributed by atoms with Crippen molar-refractivity contribution >= 4 is 17.7 Å². The normalized spacial score (nSPS) is 12.3. The molecule has 3 nitrogen and oxygen atoms in total. The molecule has 82 valence electrons. The second kappa shape index (κ2) is 6.48. The van der Waals surface area contributed by atoms with Gasteiger partial charge in [0.2, 0.25) is 0 Å². The molecule has 1 aromatic rings. The number of rotatable bonds is 6. The number of benzene rings is 1. The lowest BCUT2D eigenvalue weighted by molar-refractivity contribution is -0.136. The summed E-state index contributed by atoms with van der Waals surface area (Å²) in [5, 5.41) is 8.57. The molecule has 0 fully saturated rings. The fraction of sp³-hybridized carbons (Fsp3) is 0.364. The first kappa shape index (κ1) is 12.1. The van der Waals surface area contributed by atoms with Gasteiger partial charge in [0, 0.05) is 12.9 Å². The van der Waals surface area contributed by atoms with Crippen molar-refractivity contribution in [1.29, 1.82) is 0 Å². The maximum Gasteiger partial charge on any atom is 0.321 e. The van der Waals surface area contributed by atoms with Crippen molar-refractivity contribution in [1.82, 2.24) is 0 Å². The third kappa shape index (κ3) is 3.93. The summed E-state index contributed by atoms with van der Waals surface area (Å²) in [4.78, 5) is 11.0. The van der Waals surface area contributed by atoms with Crippen LogP contribution >= 0.6 is 11.8 Å². The Kier molecular flexibility index (Phi) is 5.21. The number of carbonyl (C=O) groups is 1. The van der Waals surface area contributed by atoms with Gasteiger partial charge in [-0.2, -0.15) is 0 Å². The summed E-state index contributed by atoms with van der Waals surface area (Å²) in [5.74, 6) is -0.121. The Bertz CT molecular complexity index is 300. The minimum atomic E-state index is -0.803. The van der Waals surface area contributed by atoms with E-state index in [0.29, 0.717) is 12.4 Å². The Morgan fingerprint density at radius 3 is 2.67 bits per heavy atom. The molecule has 1 rings (SSSR count). The highest BCUT2D eigenvalue weighted by Gasteiger charge is 2.19. The van der Waals surface area contributed by atoms with Gasteiger partial charge in [0.25, 0.3) is 0 Å². The molecule has 15 heavy (non-hydrogen) atoms. The fourth-order valence-electron chi connectivity index (χ4n) is 1.19. The Morgan fingerprint density at radius 1 is 1.47 bits per heavy atom. The van der Waals surface area contributed by atoms with Crippen LogP contribution in [0, 0.1) is 0 Å². The number of hydrogen-bond donors (Lipinski definition) is 1. The van der Waals surface area contributed by atoms with Gasteiger partial charge < -0.3 is 9.84 Å². The van der Waals surface area contributed by atoms with Crippen molar-refractivity contribution in [2.24, 2.45) is 0 Å². The smallest absolute Gasteiger partial charge is 0.321 e. The van der Waals surface area contributed by atoms with Crippen LogP contribution in [0.5, 0.6) is 0 Å². The molecule has 0 amide bonds. The molecule has 1 unspecified atom stereocenters. The van der Waals surface area contributed by atoms with Crippen molar-refractivity contribution in [2.45, 2.75) is 5.25 Å². The van der Waals surface area contributed by atoms with Gasteiger partial charge >= 0.3 is 5.97 Å². The first-order valence-corrected chi connectivity index (χ1v) is 5.69. The molecule has 1 aromatic carbocycles. The van der Waals surface area contributed by atoms with E-state index in [-0.39, 0.29) is 0 Å². The van der Waals surface area contributed by atoms with Gasteiger partial charge in [0.05, 0.1) is 6.61 Å². The van der Waals surface area contributed by atoms with Crippen LogP contribution in [0.2, 0.25) is 0 Å². The van der Waals surface area contributed by atoms with Crippen LogP contribution in [0.4, 0.5) is 0 Å². The highest BCUT2D eigenvalue weighted by molar-refractivity contribution is 8.00. The molecule has 0 spiro atoms. The number of ether oxygens (including phenoxy) is 1. The molecule has 0 aromatic heterocycles.